The van der Waals surface area contributed by atoms with E-state index in [0.29, 0.717) is 28.6 Å². The van der Waals surface area contributed by atoms with Crippen LogP contribution in [0.2, 0.25) is 0 Å². The molecule has 162 valence electrons. The number of rotatable bonds is 4. The van der Waals surface area contributed by atoms with Crippen LogP contribution in [-0.4, -0.2) is 57.5 Å². The minimum atomic E-state index is -1.13. The first kappa shape index (κ1) is 21.4. The first-order valence-electron chi connectivity index (χ1n) is 9.60. The van der Waals surface area contributed by atoms with E-state index >= 15 is 0 Å². The minimum Gasteiger partial charge on any atom is -0.507 e. The molecule has 0 bridgehead atoms. The topological polar surface area (TPSA) is 131 Å². The zero-order valence-electron chi connectivity index (χ0n) is 16.5. The summed E-state index contributed by atoms with van der Waals surface area (Å²) in [4.78, 5) is 26.3. The van der Waals surface area contributed by atoms with Gasteiger partial charge in [-0.2, -0.15) is 0 Å². The number of aromatic hydroxyl groups is 2. The average molecular weight is 490 g/mol. The van der Waals surface area contributed by atoms with Crippen molar-refractivity contribution in [1.82, 2.24) is 4.90 Å². The molecule has 3 aromatic rings. The number of carboxylic acids is 1. The number of aliphatic hydroxyl groups is 1. The second-order valence-electron chi connectivity index (χ2n) is 7.63. The largest absolute Gasteiger partial charge is 0.507 e. The molecular weight excluding hydrogens is 470 g/mol. The van der Waals surface area contributed by atoms with Gasteiger partial charge in [-0.05, 0) is 38.2 Å². The van der Waals surface area contributed by atoms with E-state index in [1.807, 2.05) is 11.9 Å². The third-order valence-corrected chi connectivity index (χ3v) is 6.55. The number of carbonyl (C=O) groups is 1. The molecule has 0 amide bonds. The molecule has 2 aromatic carbocycles. The smallest absolute Gasteiger partial charge is 0.335 e. The van der Waals surface area contributed by atoms with Crippen LogP contribution >= 0.6 is 15.9 Å². The molecule has 4 N–H and O–H groups in total. The predicted molar refractivity (Wildman–Crippen MR) is 117 cm³/mol. The molecule has 0 saturated carbocycles. The van der Waals surface area contributed by atoms with E-state index in [4.69, 9.17) is 4.42 Å². The zero-order valence-corrected chi connectivity index (χ0v) is 18.1. The molecule has 2 atom stereocenters. The van der Waals surface area contributed by atoms with Gasteiger partial charge in [0.2, 0.25) is 0 Å². The molecule has 1 aliphatic rings. The van der Waals surface area contributed by atoms with Crippen molar-refractivity contribution in [3.05, 3.63) is 56.2 Å². The summed E-state index contributed by atoms with van der Waals surface area (Å²) in [6, 6.07) is 6.32. The summed E-state index contributed by atoms with van der Waals surface area (Å²) in [5, 5.41) is 40.1. The second kappa shape index (κ2) is 7.99. The highest BCUT2D eigenvalue weighted by molar-refractivity contribution is 9.10. The van der Waals surface area contributed by atoms with Gasteiger partial charge in [0.1, 0.15) is 28.2 Å². The maximum absolute atomic E-state index is 12.9. The highest BCUT2D eigenvalue weighted by atomic mass is 79.9. The van der Waals surface area contributed by atoms with Gasteiger partial charge in [0.05, 0.1) is 12.2 Å². The first-order chi connectivity index (χ1) is 14.7. The van der Waals surface area contributed by atoms with Gasteiger partial charge in [-0.15, -0.1) is 0 Å². The summed E-state index contributed by atoms with van der Waals surface area (Å²) < 4.78 is 6.55. The molecule has 9 heteroatoms. The maximum atomic E-state index is 12.9. The van der Waals surface area contributed by atoms with Crippen LogP contribution in [0.1, 0.15) is 28.3 Å². The summed E-state index contributed by atoms with van der Waals surface area (Å²) in [5.74, 6) is -2.02. The molecule has 0 spiro atoms. The maximum Gasteiger partial charge on any atom is 0.335 e. The molecular formula is C22H20BrNO7. The van der Waals surface area contributed by atoms with Gasteiger partial charge in [-0.3, -0.25) is 4.79 Å². The van der Waals surface area contributed by atoms with Crippen molar-refractivity contribution in [3.8, 4) is 22.8 Å². The van der Waals surface area contributed by atoms with E-state index in [-0.39, 0.29) is 46.6 Å². The molecule has 1 fully saturated rings. The van der Waals surface area contributed by atoms with Gasteiger partial charge < -0.3 is 29.7 Å². The van der Waals surface area contributed by atoms with Crippen LogP contribution in [0.5, 0.6) is 11.5 Å². The van der Waals surface area contributed by atoms with Crippen molar-refractivity contribution in [2.45, 2.75) is 18.4 Å². The van der Waals surface area contributed by atoms with E-state index < -0.39 is 17.1 Å². The normalized spacial score (nSPS) is 19.2. The molecule has 1 aromatic heterocycles. The minimum absolute atomic E-state index is 0.0117. The number of carboxylic acid groups (broad SMARTS) is 1. The number of benzene rings is 2. The Bertz CT molecular complexity index is 1250. The standard InChI is InChI=1S/C22H20BrNO7/c1-24-5-4-11(14(24)9-25)19-15(26)7-16(27)20-17(28)8-18(31-21(19)20)12-6-10(22(29)30)2-3-13(12)23/h2-3,6-8,11,14,25-27H,4-5,9H2,1H3,(H,29,30). The van der Waals surface area contributed by atoms with E-state index in [2.05, 4.69) is 15.9 Å². The SMILES string of the molecule is CN1CCC(c2c(O)cc(O)c3c(=O)cc(-c4cc(C(=O)O)ccc4Br)oc23)C1CO. The van der Waals surface area contributed by atoms with Crippen molar-refractivity contribution >= 4 is 32.9 Å². The van der Waals surface area contributed by atoms with Gasteiger partial charge in [0, 0.05) is 39.7 Å². The summed E-state index contributed by atoms with van der Waals surface area (Å²) in [5.41, 5.74) is 0.175. The fraction of sp³-hybridized carbons (Fsp3) is 0.273. The van der Waals surface area contributed by atoms with Crippen molar-refractivity contribution in [2.24, 2.45) is 0 Å². The molecule has 1 saturated heterocycles. The average Bonchev–Trinajstić information content (AvgIpc) is 3.07. The molecule has 1 aliphatic heterocycles. The third kappa shape index (κ3) is 3.58. The fourth-order valence-corrected chi connectivity index (χ4v) is 4.71. The van der Waals surface area contributed by atoms with Gasteiger partial charge in [0.25, 0.3) is 0 Å². The van der Waals surface area contributed by atoms with Crippen LogP contribution in [0.4, 0.5) is 0 Å². The number of hydrogen-bond donors (Lipinski definition) is 4. The Balaban J connectivity index is 2.02. The monoisotopic (exact) mass is 489 g/mol. The lowest BCUT2D eigenvalue weighted by Crippen LogP contribution is -2.32. The molecule has 31 heavy (non-hydrogen) atoms. The Morgan fingerprint density at radius 1 is 1.23 bits per heavy atom. The Morgan fingerprint density at radius 3 is 2.65 bits per heavy atom. The Morgan fingerprint density at radius 2 is 1.97 bits per heavy atom. The Kier molecular flexibility index (Phi) is 5.50. The van der Waals surface area contributed by atoms with Crippen LogP contribution in [0.25, 0.3) is 22.3 Å². The lowest BCUT2D eigenvalue weighted by molar-refractivity contribution is 0.0697. The number of likely N-dealkylation sites (N-methyl/N-ethyl adjacent to an activating group) is 1. The summed E-state index contributed by atoms with van der Waals surface area (Å²) in [6.07, 6.45) is 0.612. The van der Waals surface area contributed by atoms with E-state index in [9.17, 15) is 30.0 Å². The van der Waals surface area contributed by atoms with Crippen LogP contribution in [-0.2, 0) is 0 Å². The van der Waals surface area contributed by atoms with Gasteiger partial charge in [0.15, 0.2) is 5.43 Å². The zero-order chi connectivity index (χ0) is 22.4. The number of aromatic carboxylic acids is 1. The number of hydrogen-bond acceptors (Lipinski definition) is 7. The van der Waals surface area contributed by atoms with Crippen LogP contribution in [0.3, 0.4) is 0 Å². The van der Waals surface area contributed by atoms with Gasteiger partial charge in [-0.25, -0.2) is 4.79 Å². The Hall–Kier alpha value is -2.88. The van der Waals surface area contributed by atoms with Crippen LogP contribution in [0, 0.1) is 0 Å². The van der Waals surface area contributed by atoms with Crippen molar-refractivity contribution in [1.29, 1.82) is 0 Å². The fourth-order valence-electron chi connectivity index (χ4n) is 4.27. The number of fused-ring (bicyclic) bond motifs is 1. The quantitative estimate of drug-likeness (QED) is 0.439. The number of likely N-dealkylation sites (tertiary alicyclic amines) is 1. The second-order valence-corrected chi connectivity index (χ2v) is 8.49. The third-order valence-electron chi connectivity index (χ3n) is 5.86. The lowest BCUT2D eigenvalue weighted by Gasteiger charge is -2.24. The summed E-state index contributed by atoms with van der Waals surface area (Å²) in [6.45, 7) is 0.521. The van der Waals surface area contributed by atoms with E-state index in [1.165, 1.54) is 24.3 Å². The van der Waals surface area contributed by atoms with Crippen molar-refractivity contribution in [2.75, 3.05) is 20.2 Å². The highest BCUT2D eigenvalue weighted by Gasteiger charge is 2.36. The molecule has 4 rings (SSSR count). The number of halogens is 1. The van der Waals surface area contributed by atoms with Gasteiger partial charge >= 0.3 is 5.97 Å². The molecule has 0 aliphatic carbocycles. The molecule has 0 radical (unpaired) electrons. The molecule has 2 heterocycles. The number of phenolic OH excluding ortho intramolecular Hbond substituents is 2. The molecule has 8 nitrogen and oxygen atoms in total. The molecule has 2 unspecified atom stereocenters. The highest BCUT2D eigenvalue weighted by Crippen LogP contribution is 2.44. The van der Waals surface area contributed by atoms with Gasteiger partial charge in [-0.1, -0.05) is 15.9 Å². The van der Waals surface area contributed by atoms with Crippen LogP contribution < -0.4 is 5.43 Å². The van der Waals surface area contributed by atoms with E-state index in [0.717, 1.165) is 6.07 Å². The van der Waals surface area contributed by atoms with Crippen LogP contribution in [0.15, 0.2) is 44.0 Å². The Labute approximate surface area is 185 Å². The predicted octanol–water partition coefficient (Wildman–Crippen LogP) is 3.11. The van der Waals surface area contributed by atoms with Crippen molar-refractivity contribution in [3.63, 3.8) is 0 Å². The van der Waals surface area contributed by atoms with E-state index in [1.54, 1.807) is 0 Å². The lowest BCUT2D eigenvalue weighted by atomic mass is 9.89. The first-order valence-corrected chi connectivity index (χ1v) is 10.4. The summed E-state index contributed by atoms with van der Waals surface area (Å²) in [7, 11) is 1.86. The van der Waals surface area contributed by atoms with Crippen molar-refractivity contribution < 1.29 is 29.6 Å². The number of aliphatic hydroxyl groups excluding tert-OH is 1. The summed E-state index contributed by atoms with van der Waals surface area (Å²) >= 11 is 3.35. The number of nitrogens with zero attached hydrogens (tertiary/aromatic N) is 1. The number of phenols is 2.